The molecule has 8 aliphatic rings. The Morgan fingerprint density at radius 1 is 0.500 bits per heavy atom. The Labute approximate surface area is 728 Å². The van der Waals surface area contributed by atoms with Gasteiger partial charge < -0.3 is 56.0 Å². The van der Waals surface area contributed by atoms with Gasteiger partial charge in [0.25, 0.3) is 30.4 Å². The van der Waals surface area contributed by atoms with E-state index in [9.17, 15) is 68.3 Å². The summed E-state index contributed by atoms with van der Waals surface area (Å²) in [6, 6.07) is 15.7. The fraction of sp³-hybridized carbons (Fsp3) is 0.589. The molecule has 0 amide bonds. The van der Waals surface area contributed by atoms with Gasteiger partial charge >= 0.3 is 11.9 Å². The third-order valence-corrected chi connectivity index (χ3v) is 30.0. The highest BCUT2D eigenvalue weighted by atomic mass is 32.2. The number of nitrogens with zero attached hydrogens (tertiary/aromatic N) is 14. The van der Waals surface area contributed by atoms with E-state index in [1.54, 1.807) is 19.1 Å². The number of carboxylic acid groups (broad SMARTS) is 2. The molecule has 2 unspecified atom stereocenters. The number of aromatic nitrogens is 6. The van der Waals surface area contributed by atoms with Crippen LogP contribution in [0.2, 0.25) is 0 Å². The number of carbonyl (C=O) groups excluding carboxylic acids is 2. The van der Waals surface area contributed by atoms with Gasteiger partial charge in [0.2, 0.25) is 41.4 Å². The lowest BCUT2D eigenvalue weighted by molar-refractivity contribution is -0.438. The maximum atomic E-state index is 14.0. The van der Waals surface area contributed by atoms with Crippen LogP contribution in [0.15, 0.2) is 100 Å². The number of aryl methyl sites for hydroxylation is 1. The zero-order chi connectivity index (χ0) is 88.0. The molecule has 0 spiro atoms. The van der Waals surface area contributed by atoms with Gasteiger partial charge in [-0.15, -0.1) is 0 Å². The van der Waals surface area contributed by atoms with Crippen LogP contribution in [-0.4, -0.2) is 222 Å². The highest BCUT2D eigenvalue weighted by molar-refractivity contribution is 7.86. The molecule has 0 radical (unpaired) electrons. The molecule has 2 atom stereocenters. The molecule has 6 aromatic rings. The first-order valence-electron chi connectivity index (χ1n) is 44.8. The Morgan fingerprint density at radius 2 is 0.968 bits per heavy atom. The summed E-state index contributed by atoms with van der Waals surface area (Å²) >= 11 is 0. The van der Waals surface area contributed by atoms with Gasteiger partial charge in [0, 0.05) is 169 Å². The molecule has 6 fully saturated rings. The van der Waals surface area contributed by atoms with Crippen molar-refractivity contribution in [1.29, 1.82) is 0 Å². The van der Waals surface area contributed by atoms with Crippen LogP contribution in [0.25, 0.3) is 21.5 Å². The van der Waals surface area contributed by atoms with E-state index in [1.165, 1.54) is 18.2 Å². The van der Waals surface area contributed by atoms with Gasteiger partial charge in [0.05, 0.1) is 27.9 Å². The maximum Gasteiger partial charge on any atom is 0.306 e. The van der Waals surface area contributed by atoms with Crippen molar-refractivity contribution in [1.82, 2.24) is 29.9 Å². The first kappa shape index (κ1) is 91.1. The zero-order valence-corrected chi connectivity index (χ0v) is 74.4. The van der Waals surface area contributed by atoms with Gasteiger partial charge in [-0.2, -0.15) is 59.7 Å². The number of allylic oxidation sites excluding steroid dienone is 6. The predicted molar refractivity (Wildman–Crippen MR) is 481 cm³/mol. The van der Waals surface area contributed by atoms with Crippen molar-refractivity contribution in [3.05, 3.63) is 107 Å². The quantitative estimate of drug-likeness (QED) is 0.00841. The van der Waals surface area contributed by atoms with E-state index in [2.05, 4.69) is 58.8 Å². The number of carboxylic acids is 2. The highest BCUT2D eigenvalue weighted by Crippen LogP contribution is 2.55. The van der Waals surface area contributed by atoms with Crippen LogP contribution in [-0.2, 0) is 60.4 Å². The van der Waals surface area contributed by atoms with Crippen LogP contribution in [0.1, 0.15) is 204 Å². The molecule has 14 rings (SSSR count). The van der Waals surface area contributed by atoms with Crippen LogP contribution in [0, 0.1) is 30.6 Å². The molecular formula is C90H123N16O15S3+. The molecule has 8 aliphatic heterocycles. The van der Waals surface area contributed by atoms with Crippen molar-refractivity contribution in [3.8, 4) is 0 Å². The second-order valence-corrected chi connectivity index (χ2v) is 40.5. The van der Waals surface area contributed by atoms with Crippen LogP contribution in [0.3, 0.4) is 0 Å². The SMILES string of the molecule is CCCC1(C)\C(=C/C=C/C=C/C2=[N+](CCCCCC(=O)CC3CCN(c4nc(N5CCC(N)CC5)nc(N5CCC(C(=O)O)CC5)n4)CC3)c3ccc4c(C)cc(S(=O)(=O)O)cc4c3C2(C)CCCS(=O)(=O)O)N(CCCCCC(=O)CC2CCN(c3nc(N4CCC(N)CC4)nc(N4CCC(C(=O)O)CC4)n3)CC2)c2ccc3c(S(=O)(=O)O)cccc3c21. The fourth-order valence-electron chi connectivity index (χ4n) is 20.4. The van der Waals surface area contributed by atoms with Crippen LogP contribution in [0.5, 0.6) is 0 Å². The van der Waals surface area contributed by atoms with E-state index < -0.39 is 70.7 Å². The van der Waals surface area contributed by atoms with Crippen molar-refractivity contribution in [3.63, 3.8) is 0 Å². The molecular weight excluding hydrogens is 1640 g/mol. The Balaban J connectivity index is 0.669. The summed E-state index contributed by atoms with van der Waals surface area (Å²) in [5.74, 6) is 1.33. The van der Waals surface area contributed by atoms with Gasteiger partial charge in [-0.3, -0.25) is 32.8 Å². The summed E-state index contributed by atoms with van der Waals surface area (Å²) < 4.78 is 111. The van der Waals surface area contributed by atoms with Gasteiger partial charge in [-0.1, -0.05) is 56.2 Å². The lowest BCUT2D eigenvalue weighted by Gasteiger charge is -2.35. The average Bonchev–Trinajstić information content (AvgIpc) is 1.56. The molecule has 124 heavy (non-hydrogen) atoms. The maximum absolute atomic E-state index is 14.0. The standard InChI is InChI=1S/C90H122N16O15S3/c1-5-39-89(3)77(105(74-26-24-71-72(79(74)89)19-15-20-76(71)124(119,120)121)41-13-7-9-17-67(107)57-61-27-43-99(44-28-61)83-93-85(101-47-31-63(32-48-101)81(109)110)97-87(95-83)103-51-35-65(91)36-52-103)21-11-6-12-22-78-90(4,40-16-55-122(113,114)115)80-73-59-69(123(116,117)118)56-60(2)70(73)23-25-75(80)106(78)42-14-8-10-18-68(108)58-62-29-45-100(46-30-62)84-94-86(102-49-33-64(34-50-102)82(111)112)98-88(96-84)104-53-37-66(92)38-54-104/h6,11-12,15,19-26,56,59,61-66H,5,7-10,13-14,16-18,27-55,57-58,91-92H2,1-4H3,(H4-,109,110,111,112,113,114,115,116,117,118,119,120,121)/p+1. The Kier molecular flexibility index (Phi) is 28.6. The lowest BCUT2D eigenvalue weighted by Crippen LogP contribution is -2.42. The fourth-order valence-corrected chi connectivity index (χ4v) is 22.2. The number of carbonyl (C=O) groups is 4. The number of hydrogen-bond donors (Lipinski definition) is 7. The average molecular weight is 1770 g/mol. The molecule has 10 heterocycles. The second-order valence-electron chi connectivity index (χ2n) is 36.1. The van der Waals surface area contributed by atoms with Crippen molar-refractivity contribution >= 4 is 128 Å². The van der Waals surface area contributed by atoms with Crippen molar-refractivity contribution in [2.75, 3.05) is 132 Å². The Morgan fingerprint density at radius 3 is 1.43 bits per heavy atom. The van der Waals surface area contributed by atoms with Crippen molar-refractivity contribution < 1.29 is 72.9 Å². The van der Waals surface area contributed by atoms with Gasteiger partial charge in [-0.05, 0) is 218 Å². The van der Waals surface area contributed by atoms with E-state index in [4.69, 9.17) is 41.4 Å². The largest absolute Gasteiger partial charge is 0.481 e. The lowest BCUT2D eigenvalue weighted by atomic mass is 9.74. The third kappa shape index (κ3) is 21.1. The number of Topliss-reactive ketones (excluding diaryl/α,β-unsaturated/α-hetero) is 2. The Bertz CT molecular complexity index is 5430. The van der Waals surface area contributed by atoms with Crippen LogP contribution >= 0.6 is 0 Å². The molecule has 9 N–H and O–H groups in total. The minimum absolute atomic E-state index is 0.0364. The normalized spacial score (nSPS) is 21.4. The van der Waals surface area contributed by atoms with Gasteiger partial charge in [-0.25, -0.2) is 0 Å². The third-order valence-electron chi connectivity index (χ3n) is 27.4. The number of unbranched alkanes of at least 4 members (excludes halogenated alkanes) is 4. The molecule has 31 nitrogen and oxygen atoms in total. The summed E-state index contributed by atoms with van der Waals surface area (Å²) in [6.07, 6.45) is 25.9. The predicted octanol–water partition coefficient (Wildman–Crippen LogP) is 12.1. The number of piperidine rings is 6. The monoisotopic (exact) mass is 1760 g/mol. The number of aliphatic carboxylic acids is 2. The van der Waals surface area contributed by atoms with Crippen LogP contribution in [0.4, 0.5) is 47.1 Å². The molecule has 2 aromatic heterocycles. The number of hydrogen-bond acceptors (Lipinski definition) is 25. The Hall–Kier alpha value is -9.16. The second kappa shape index (κ2) is 39.0. The first-order chi connectivity index (χ1) is 59.2. The van der Waals surface area contributed by atoms with Crippen molar-refractivity contribution in [2.24, 2.45) is 35.1 Å². The molecule has 0 saturated carbocycles. The van der Waals surface area contributed by atoms with E-state index in [1.807, 2.05) is 55.5 Å². The smallest absolute Gasteiger partial charge is 0.306 e. The minimum atomic E-state index is -4.70. The van der Waals surface area contributed by atoms with Gasteiger partial charge in [0.1, 0.15) is 23.0 Å². The van der Waals surface area contributed by atoms with E-state index in [-0.39, 0.29) is 58.1 Å². The summed E-state index contributed by atoms with van der Waals surface area (Å²) in [4.78, 5) is 96.0. The number of benzene rings is 4. The van der Waals surface area contributed by atoms with E-state index in [0.717, 1.165) is 136 Å². The molecule has 0 bridgehead atoms. The highest BCUT2D eigenvalue weighted by Gasteiger charge is 2.50. The summed E-state index contributed by atoms with van der Waals surface area (Å²) in [6.45, 7) is 16.8. The molecule has 6 saturated heterocycles. The number of ketones is 2. The summed E-state index contributed by atoms with van der Waals surface area (Å²) in [5.41, 5.74) is 16.6. The minimum Gasteiger partial charge on any atom is -0.481 e. The molecule has 4 aromatic carbocycles. The van der Waals surface area contributed by atoms with Gasteiger partial charge in [0.15, 0.2) is 5.71 Å². The van der Waals surface area contributed by atoms with Crippen LogP contribution < -0.4 is 45.8 Å². The zero-order valence-electron chi connectivity index (χ0n) is 72.0. The van der Waals surface area contributed by atoms with Crippen molar-refractivity contribution in [2.45, 2.75) is 227 Å². The number of rotatable bonds is 35. The number of fused-ring (bicyclic) bond motifs is 6. The number of anilines is 7. The summed E-state index contributed by atoms with van der Waals surface area (Å²) in [7, 11) is -13.7. The summed E-state index contributed by atoms with van der Waals surface area (Å²) in [5, 5.41) is 21.8. The first-order valence-corrected chi connectivity index (χ1v) is 49.3. The molecule has 0 aliphatic carbocycles. The molecule has 34 heteroatoms. The number of nitrogens with two attached hydrogens (primary N) is 2. The van der Waals surface area contributed by atoms with E-state index in [0.29, 0.717) is 206 Å². The molecule has 670 valence electrons. The van der Waals surface area contributed by atoms with E-state index >= 15 is 0 Å². The topological polar surface area (TPSA) is 427 Å².